The van der Waals surface area contributed by atoms with Crippen LogP contribution in [0.25, 0.3) is 10.2 Å². The molecule has 160 valence electrons. The van der Waals surface area contributed by atoms with E-state index in [-0.39, 0.29) is 11.2 Å². The van der Waals surface area contributed by atoms with Crippen LogP contribution < -0.4 is 5.56 Å². The molecule has 4 nitrogen and oxygen atoms in total. The predicted molar refractivity (Wildman–Crippen MR) is 127 cm³/mol. The van der Waals surface area contributed by atoms with Crippen LogP contribution in [0.4, 0.5) is 0 Å². The Morgan fingerprint density at radius 3 is 2.77 bits per heavy atom. The molecule has 0 saturated heterocycles. The van der Waals surface area contributed by atoms with E-state index in [4.69, 9.17) is 9.72 Å². The summed E-state index contributed by atoms with van der Waals surface area (Å²) < 4.78 is 8.01. The van der Waals surface area contributed by atoms with Crippen molar-refractivity contribution in [3.05, 3.63) is 56.7 Å². The summed E-state index contributed by atoms with van der Waals surface area (Å²) in [6.07, 6.45) is 2.81. The van der Waals surface area contributed by atoms with Crippen molar-refractivity contribution in [2.75, 3.05) is 5.75 Å². The third-order valence-corrected chi connectivity index (χ3v) is 8.03. The monoisotopic (exact) mass is 442 g/mol. The van der Waals surface area contributed by atoms with Crippen LogP contribution in [0.2, 0.25) is 0 Å². The van der Waals surface area contributed by atoms with Crippen LogP contribution in [0.5, 0.6) is 0 Å². The third kappa shape index (κ3) is 4.36. The maximum atomic E-state index is 13.8. The fraction of sp³-hybridized carbons (Fsp3) is 0.500. The number of thioether (sulfide) groups is 1. The molecule has 2 aromatic heterocycles. The quantitative estimate of drug-likeness (QED) is 0.338. The molecule has 4 rings (SSSR count). The summed E-state index contributed by atoms with van der Waals surface area (Å²) in [5.74, 6) is 1.60. The van der Waals surface area contributed by atoms with E-state index in [0.29, 0.717) is 19.1 Å². The lowest BCUT2D eigenvalue weighted by Gasteiger charge is -2.32. The van der Waals surface area contributed by atoms with Gasteiger partial charge in [0, 0.05) is 17.1 Å². The molecule has 0 saturated carbocycles. The van der Waals surface area contributed by atoms with Gasteiger partial charge in [0.1, 0.15) is 4.83 Å². The summed E-state index contributed by atoms with van der Waals surface area (Å²) >= 11 is 3.33. The molecule has 6 heteroatoms. The van der Waals surface area contributed by atoms with E-state index in [1.54, 1.807) is 23.1 Å². The lowest BCUT2D eigenvalue weighted by atomic mass is 9.90. The van der Waals surface area contributed by atoms with Gasteiger partial charge in [-0.05, 0) is 36.8 Å². The Labute approximate surface area is 186 Å². The zero-order chi connectivity index (χ0) is 21.3. The number of rotatable bonds is 7. The second kappa shape index (κ2) is 8.85. The van der Waals surface area contributed by atoms with Crippen molar-refractivity contribution < 1.29 is 4.74 Å². The summed E-state index contributed by atoms with van der Waals surface area (Å²) in [4.78, 5) is 20.8. The van der Waals surface area contributed by atoms with Crippen molar-refractivity contribution in [1.82, 2.24) is 9.55 Å². The summed E-state index contributed by atoms with van der Waals surface area (Å²) in [5.41, 5.74) is 2.16. The molecule has 0 bridgehead atoms. The molecular formula is C24H30N2O2S2. The molecule has 30 heavy (non-hydrogen) atoms. The Morgan fingerprint density at radius 1 is 1.30 bits per heavy atom. The number of nitrogens with zero attached hydrogens (tertiary/aromatic N) is 2. The zero-order valence-corrected chi connectivity index (χ0v) is 19.9. The number of ether oxygens (including phenoxy) is 1. The molecule has 0 unspecified atom stereocenters. The Morgan fingerprint density at radius 2 is 2.07 bits per heavy atom. The van der Waals surface area contributed by atoms with E-state index in [0.717, 1.165) is 56.4 Å². The van der Waals surface area contributed by atoms with Gasteiger partial charge in [-0.3, -0.25) is 9.36 Å². The highest BCUT2D eigenvalue weighted by Crippen LogP contribution is 2.39. The number of hydrogen-bond donors (Lipinski definition) is 0. The number of aromatic nitrogens is 2. The fourth-order valence-corrected chi connectivity index (χ4v) is 6.15. The van der Waals surface area contributed by atoms with Gasteiger partial charge < -0.3 is 4.74 Å². The minimum Gasteiger partial charge on any atom is -0.369 e. The smallest absolute Gasteiger partial charge is 0.263 e. The second-order valence-corrected chi connectivity index (χ2v) is 10.9. The number of thiophene rings is 1. The number of benzene rings is 1. The highest BCUT2D eigenvalue weighted by molar-refractivity contribution is 7.99. The first-order valence-electron chi connectivity index (χ1n) is 10.8. The largest absolute Gasteiger partial charge is 0.369 e. The van der Waals surface area contributed by atoms with Crippen LogP contribution in [-0.2, 0) is 24.3 Å². The average molecular weight is 443 g/mol. The van der Waals surface area contributed by atoms with Gasteiger partial charge in [0.05, 0.1) is 24.1 Å². The maximum absolute atomic E-state index is 13.8. The molecule has 0 radical (unpaired) electrons. The third-order valence-electron chi connectivity index (χ3n) is 5.92. The van der Waals surface area contributed by atoms with Crippen LogP contribution in [-0.4, -0.2) is 20.9 Å². The van der Waals surface area contributed by atoms with Gasteiger partial charge in [0.2, 0.25) is 0 Å². The summed E-state index contributed by atoms with van der Waals surface area (Å²) in [7, 11) is 0. The van der Waals surface area contributed by atoms with E-state index in [1.165, 1.54) is 0 Å². The minimum atomic E-state index is -0.206. The highest BCUT2D eigenvalue weighted by Gasteiger charge is 2.33. The van der Waals surface area contributed by atoms with Gasteiger partial charge in [0.25, 0.3) is 5.56 Å². The summed E-state index contributed by atoms with van der Waals surface area (Å²) in [6.45, 7) is 9.88. The number of hydrogen-bond acceptors (Lipinski definition) is 5. The summed E-state index contributed by atoms with van der Waals surface area (Å²) in [5, 5.41) is 1.64. The van der Waals surface area contributed by atoms with Crippen LogP contribution in [0, 0.1) is 5.92 Å². The molecule has 0 aliphatic carbocycles. The topological polar surface area (TPSA) is 44.1 Å². The fourth-order valence-electron chi connectivity index (χ4n) is 3.76. The SMILES string of the molecule is CC[C@@]1(C)Cc2c(sc3nc(SCCC(C)C)n(Cc4ccccc4)c(=O)c23)CO1. The molecule has 1 aliphatic heterocycles. The molecule has 1 aromatic carbocycles. The van der Waals surface area contributed by atoms with Gasteiger partial charge in [-0.15, -0.1) is 11.3 Å². The Bertz CT molecular complexity index is 1090. The second-order valence-electron chi connectivity index (χ2n) is 8.76. The molecule has 1 atom stereocenters. The zero-order valence-electron chi connectivity index (χ0n) is 18.2. The van der Waals surface area contributed by atoms with Crippen molar-refractivity contribution in [2.45, 2.75) is 70.9 Å². The molecule has 3 aromatic rings. The van der Waals surface area contributed by atoms with Crippen molar-refractivity contribution in [1.29, 1.82) is 0 Å². The Hall–Kier alpha value is -1.63. The highest BCUT2D eigenvalue weighted by atomic mass is 32.2. The molecular weight excluding hydrogens is 412 g/mol. The van der Waals surface area contributed by atoms with Gasteiger partial charge in [-0.1, -0.05) is 62.9 Å². The average Bonchev–Trinajstić information content (AvgIpc) is 3.08. The van der Waals surface area contributed by atoms with E-state index in [2.05, 4.69) is 39.8 Å². The Balaban J connectivity index is 1.81. The van der Waals surface area contributed by atoms with Crippen LogP contribution >= 0.6 is 23.1 Å². The van der Waals surface area contributed by atoms with Crippen LogP contribution in [0.1, 0.15) is 56.5 Å². The molecule has 0 fully saturated rings. The van der Waals surface area contributed by atoms with E-state index in [1.807, 2.05) is 22.8 Å². The first-order valence-corrected chi connectivity index (χ1v) is 12.6. The van der Waals surface area contributed by atoms with Crippen molar-refractivity contribution >= 4 is 33.3 Å². The van der Waals surface area contributed by atoms with Gasteiger partial charge >= 0.3 is 0 Å². The van der Waals surface area contributed by atoms with Gasteiger partial charge in [-0.25, -0.2) is 4.98 Å². The lowest BCUT2D eigenvalue weighted by molar-refractivity contribution is -0.0543. The van der Waals surface area contributed by atoms with Crippen molar-refractivity contribution in [3.63, 3.8) is 0 Å². The molecule has 0 spiro atoms. The van der Waals surface area contributed by atoms with E-state index < -0.39 is 0 Å². The van der Waals surface area contributed by atoms with Crippen molar-refractivity contribution in [3.8, 4) is 0 Å². The first-order chi connectivity index (χ1) is 14.4. The van der Waals surface area contributed by atoms with Gasteiger partial charge in [-0.2, -0.15) is 0 Å². The first kappa shape index (κ1) is 21.6. The van der Waals surface area contributed by atoms with Crippen LogP contribution in [0.15, 0.2) is 40.3 Å². The predicted octanol–water partition coefficient (Wildman–Crippen LogP) is 5.89. The standard InChI is InChI=1S/C24H30N2O2S2/c1-5-24(4)13-18-19(15-28-24)30-21-20(18)22(27)26(14-17-9-7-6-8-10-17)23(25-21)29-12-11-16(2)3/h6-10,16H,5,11-15H2,1-4H3/t24-/m0/s1. The Kier molecular flexibility index (Phi) is 6.37. The molecule has 3 heterocycles. The normalized spacial score (nSPS) is 18.8. The number of fused-ring (bicyclic) bond motifs is 3. The molecule has 0 amide bonds. The van der Waals surface area contributed by atoms with Crippen molar-refractivity contribution in [2.24, 2.45) is 5.92 Å². The summed E-state index contributed by atoms with van der Waals surface area (Å²) in [6, 6.07) is 10.2. The molecule has 1 aliphatic rings. The van der Waals surface area contributed by atoms with Gasteiger partial charge in [0.15, 0.2) is 5.16 Å². The molecule has 0 N–H and O–H groups in total. The van der Waals surface area contributed by atoms with E-state index in [9.17, 15) is 4.79 Å². The minimum absolute atomic E-state index is 0.0914. The maximum Gasteiger partial charge on any atom is 0.263 e. The van der Waals surface area contributed by atoms with E-state index >= 15 is 0 Å². The lowest BCUT2D eigenvalue weighted by Crippen LogP contribution is -2.34. The van der Waals surface area contributed by atoms with Crippen LogP contribution in [0.3, 0.4) is 0 Å².